The molecule has 0 aliphatic rings. The van der Waals surface area contributed by atoms with Gasteiger partial charge in [-0.15, -0.1) is 11.8 Å². The number of carboxylic acids is 1. The standard InChI is InChI=1S/C14H19NO3S/c1-10(2)13(14(17)18)15-12(16)8-9-19-11-6-4-3-5-7-11/h3-7,10,13H,8-9H2,1-2H3,(H,15,16)(H,17,18). The van der Waals surface area contributed by atoms with Gasteiger partial charge in [-0.2, -0.15) is 0 Å². The van der Waals surface area contributed by atoms with Crippen LogP contribution in [-0.2, 0) is 9.59 Å². The zero-order valence-electron chi connectivity index (χ0n) is 11.1. The number of hydrogen-bond donors (Lipinski definition) is 2. The number of carbonyl (C=O) groups excluding carboxylic acids is 1. The molecule has 4 nitrogen and oxygen atoms in total. The molecule has 1 atom stereocenters. The summed E-state index contributed by atoms with van der Waals surface area (Å²) in [6.45, 7) is 3.55. The molecule has 1 aromatic carbocycles. The molecule has 0 aliphatic carbocycles. The number of carbonyl (C=O) groups is 2. The maximum atomic E-state index is 11.7. The van der Waals surface area contributed by atoms with Crippen molar-refractivity contribution in [2.75, 3.05) is 5.75 Å². The van der Waals surface area contributed by atoms with E-state index >= 15 is 0 Å². The maximum absolute atomic E-state index is 11.7. The van der Waals surface area contributed by atoms with Crippen molar-refractivity contribution in [3.05, 3.63) is 30.3 Å². The summed E-state index contributed by atoms with van der Waals surface area (Å²) in [5, 5.41) is 11.5. The summed E-state index contributed by atoms with van der Waals surface area (Å²) < 4.78 is 0. The first-order chi connectivity index (χ1) is 9.00. The Balaban J connectivity index is 2.33. The average Bonchev–Trinajstić information content (AvgIpc) is 2.36. The predicted molar refractivity (Wildman–Crippen MR) is 76.2 cm³/mol. The molecule has 1 unspecified atom stereocenters. The monoisotopic (exact) mass is 281 g/mol. The fraction of sp³-hybridized carbons (Fsp3) is 0.429. The van der Waals surface area contributed by atoms with Crippen molar-refractivity contribution in [2.24, 2.45) is 5.92 Å². The van der Waals surface area contributed by atoms with Gasteiger partial charge in [0.15, 0.2) is 0 Å². The van der Waals surface area contributed by atoms with Gasteiger partial charge in [-0.3, -0.25) is 4.79 Å². The normalized spacial score (nSPS) is 12.2. The van der Waals surface area contributed by atoms with Crippen molar-refractivity contribution in [1.82, 2.24) is 5.32 Å². The van der Waals surface area contributed by atoms with Crippen molar-refractivity contribution < 1.29 is 14.7 Å². The molecule has 0 radical (unpaired) electrons. The van der Waals surface area contributed by atoms with Gasteiger partial charge in [0.25, 0.3) is 0 Å². The van der Waals surface area contributed by atoms with E-state index in [0.29, 0.717) is 12.2 Å². The number of amides is 1. The Kier molecular flexibility index (Phi) is 6.42. The molecule has 0 aromatic heterocycles. The Hall–Kier alpha value is -1.49. The molecule has 1 aromatic rings. The molecule has 1 amide bonds. The molecule has 2 N–H and O–H groups in total. The zero-order valence-corrected chi connectivity index (χ0v) is 11.9. The van der Waals surface area contributed by atoms with E-state index in [9.17, 15) is 9.59 Å². The third-order valence-electron chi connectivity index (χ3n) is 2.59. The predicted octanol–water partition coefficient (Wildman–Crippen LogP) is 2.39. The van der Waals surface area contributed by atoms with E-state index in [1.165, 1.54) is 0 Å². The quantitative estimate of drug-likeness (QED) is 0.753. The first-order valence-corrected chi connectivity index (χ1v) is 7.19. The highest BCUT2D eigenvalue weighted by Gasteiger charge is 2.22. The molecule has 0 spiro atoms. The number of aliphatic carboxylic acids is 1. The molecule has 0 heterocycles. The van der Waals surface area contributed by atoms with Crippen molar-refractivity contribution in [1.29, 1.82) is 0 Å². The van der Waals surface area contributed by atoms with Crippen LogP contribution in [0.4, 0.5) is 0 Å². The summed E-state index contributed by atoms with van der Waals surface area (Å²) in [7, 11) is 0. The van der Waals surface area contributed by atoms with Gasteiger partial charge in [-0.05, 0) is 18.1 Å². The summed E-state index contributed by atoms with van der Waals surface area (Å²) in [4.78, 5) is 23.7. The summed E-state index contributed by atoms with van der Waals surface area (Å²) in [6.07, 6.45) is 0.316. The van der Waals surface area contributed by atoms with Crippen molar-refractivity contribution in [2.45, 2.75) is 31.2 Å². The smallest absolute Gasteiger partial charge is 0.326 e. The molecule has 1 rings (SSSR count). The van der Waals surface area contributed by atoms with Crippen molar-refractivity contribution >= 4 is 23.6 Å². The van der Waals surface area contributed by atoms with E-state index in [0.717, 1.165) is 4.90 Å². The molecule has 0 fully saturated rings. The second kappa shape index (κ2) is 7.84. The van der Waals surface area contributed by atoms with Crippen LogP contribution in [0.2, 0.25) is 0 Å². The molecule has 5 heteroatoms. The molecule has 0 saturated heterocycles. The van der Waals surface area contributed by atoms with E-state index in [2.05, 4.69) is 5.32 Å². The van der Waals surface area contributed by atoms with Gasteiger partial charge >= 0.3 is 5.97 Å². The average molecular weight is 281 g/mol. The van der Waals surface area contributed by atoms with Gasteiger partial charge in [0.2, 0.25) is 5.91 Å². The lowest BCUT2D eigenvalue weighted by molar-refractivity contribution is -0.143. The Morgan fingerprint density at radius 3 is 2.42 bits per heavy atom. The minimum absolute atomic E-state index is 0.122. The third-order valence-corrected chi connectivity index (χ3v) is 3.60. The topological polar surface area (TPSA) is 66.4 Å². The minimum Gasteiger partial charge on any atom is -0.480 e. The van der Waals surface area contributed by atoms with Crippen LogP contribution in [-0.4, -0.2) is 28.8 Å². The Labute approximate surface area is 117 Å². The Morgan fingerprint density at radius 1 is 1.26 bits per heavy atom. The number of benzene rings is 1. The number of thioether (sulfide) groups is 1. The highest BCUT2D eigenvalue weighted by atomic mass is 32.2. The molecular weight excluding hydrogens is 262 g/mol. The molecule has 0 aliphatic heterocycles. The highest BCUT2D eigenvalue weighted by Crippen LogP contribution is 2.17. The molecular formula is C14H19NO3S. The molecule has 0 bridgehead atoms. The molecule has 19 heavy (non-hydrogen) atoms. The Morgan fingerprint density at radius 2 is 1.89 bits per heavy atom. The van der Waals surface area contributed by atoms with Crippen LogP contribution < -0.4 is 5.32 Å². The van der Waals surface area contributed by atoms with Crippen LogP contribution in [0.25, 0.3) is 0 Å². The van der Waals surface area contributed by atoms with E-state index in [1.54, 1.807) is 25.6 Å². The maximum Gasteiger partial charge on any atom is 0.326 e. The van der Waals surface area contributed by atoms with Gasteiger partial charge < -0.3 is 10.4 Å². The van der Waals surface area contributed by atoms with Crippen LogP contribution in [0.5, 0.6) is 0 Å². The first kappa shape index (κ1) is 15.6. The SMILES string of the molecule is CC(C)C(NC(=O)CCSc1ccccc1)C(=O)O. The van der Waals surface area contributed by atoms with Gasteiger partial charge in [0.05, 0.1) is 0 Å². The van der Waals surface area contributed by atoms with Crippen LogP contribution >= 0.6 is 11.8 Å². The number of nitrogens with one attached hydrogen (secondary N) is 1. The van der Waals surface area contributed by atoms with E-state index in [1.807, 2.05) is 30.3 Å². The lowest BCUT2D eigenvalue weighted by Crippen LogP contribution is -2.44. The number of carboxylic acid groups (broad SMARTS) is 1. The Bertz CT molecular complexity index is 420. The third kappa shape index (κ3) is 5.79. The van der Waals surface area contributed by atoms with Crippen LogP contribution in [0.1, 0.15) is 20.3 Å². The molecule has 0 saturated carbocycles. The van der Waals surface area contributed by atoms with Gasteiger partial charge in [-0.25, -0.2) is 4.79 Å². The first-order valence-electron chi connectivity index (χ1n) is 6.20. The second-order valence-corrected chi connectivity index (χ2v) is 5.71. The number of hydrogen-bond acceptors (Lipinski definition) is 3. The summed E-state index contributed by atoms with van der Waals surface area (Å²) in [6, 6.07) is 8.99. The summed E-state index contributed by atoms with van der Waals surface area (Å²) in [5.74, 6) is -0.688. The van der Waals surface area contributed by atoms with Crippen LogP contribution in [0.15, 0.2) is 35.2 Å². The summed E-state index contributed by atoms with van der Waals surface area (Å²) >= 11 is 1.58. The lowest BCUT2D eigenvalue weighted by atomic mass is 10.0. The van der Waals surface area contributed by atoms with Crippen molar-refractivity contribution in [3.63, 3.8) is 0 Å². The minimum atomic E-state index is -0.987. The van der Waals surface area contributed by atoms with Gasteiger partial charge in [0, 0.05) is 17.1 Å². The summed E-state index contributed by atoms with van der Waals surface area (Å²) in [5.41, 5.74) is 0. The van der Waals surface area contributed by atoms with Crippen LogP contribution in [0.3, 0.4) is 0 Å². The van der Waals surface area contributed by atoms with Gasteiger partial charge in [0.1, 0.15) is 6.04 Å². The van der Waals surface area contributed by atoms with Crippen LogP contribution in [0, 0.1) is 5.92 Å². The van der Waals surface area contributed by atoms with Crippen molar-refractivity contribution in [3.8, 4) is 0 Å². The second-order valence-electron chi connectivity index (χ2n) is 4.54. The van der Waals surface area contributed by atoms with E-state index in [4.69, 9.17) is 5.11 Å². The van der Waals surface area contributed by atoms with Gasteiger partial charge in [-0.1, -0.05) is 32.0 Å². The largest absolute Gasteiger partial charge is 0.480 e. The number of rotatable bonds is 7. The fourth-order valence-corrected chi connectivity index (χ4v) is 2.41. The lowest BCUT2D eigenvalue weighted by Gasteiger charge is -2.17. The van der Waals surface area contributed by atoms with E-state index < -0.39 is 12.0 Å². The molecule has 104 valence electrons. The van der Waals surface area contributed by atoms with E-state index in [-0.39, 0.29) is 11.8 Å². The zero-order chi connectivity index (χ0) is 14.3. The highest BCUT2D eigenvalue weighted by molar-refractivity contribution is 7.99. The fourth-order valence-electron chi connectivity index (χ4n) is 1.54.